The van der Waals surface area contributed by atoms with Crippen LogP contribution in [0.25, 0.3) is 0 Å². The summed E-state index contributed by atoms with van der Waals surface area (Å²) in [6, 6.07) is 0.153. The highest BCUT2D eigenvalue weighted by Gasteiger charge is 2.29. The van der Waals surface area contributed by atoms with E-state index in [1.54, 1.807) is 25.9 Å². The molecular formula is C21H38N2O6. The molecule has 0 atom stereocenters. The fourth-order valence-electron chi connectivity index (χ4n) is 3.20. The molecule has 0 heterocycles. The van der Waals surface area contributed by atoms with Crippen molar-refractivity contribution in [2.45, 2.75) is 84.0 Å². The molecule has 0 aromatic carbocycles. The van der Waals surface area contributed by atoms with Gasteiger partial charge in [0, 0.05) is 26.7 Å². The van der Waals surface area contributed by atoms with Gasteiger partial charge in [0.15, 0.2) is 0 Å². The van der Waals surface area contributed by atoms with E-state index in [1.165, 1.54) is 4.90 Å². The second kappa shape index (κ2) is 12.0. The van der Waals surface area contributed by atoms with Crippen LogP contribution in [-0.4, -0.2) is 79.4 Å². The number of hydrogen-bond acceptors (Lipinski definition) is 6. The molecule has 1 rings (SSSR count). The van der Waals surface area contributed by atoms with Crippen LogP contribution in [0.15, 0.2) is 0 Å². The zero-order chi connectivity index (χ0) is 22.0. The molecule has 0 aliphatic heterocycles. The molecule has 0 saturated heterocycles. The van der Waals surface area contributed by atoms with Crippen molar-refractivity contribution in [3.05, 3.63) is 0 Å². The van der Waals surface area contributed by atoms with Crippen molar-refractivity contribution < 1.29 is 28.6 Å². The van der Waals surface area contributed by atoms with E-state index >= 15 is 0 Å². The first kappa shape index (κ1) is 25.2. The lowest BCUT2D eigenvalue weighted by molar-refractivity contribution is -0.144. The van der Waals surface area contributed by atoms with Crippen molar-refractivity contribution in [3.63, 3.8) is 0 Å². The summed E-state index contributed by atoms with van der Waals surface area (Å²) < 4.78 is 16.2. The molecule has 8 nitrogen and oxygen atoms in total. The Morgan fingerprint density at radius 1 is 1.00 bits per heavy atom. The predicted molar refractivity (Wildman–Crippen MR) is 109 cm³/mol. The molecule has 0 unspecified atom stereocenters. The van der Waals surface area contributed by atoms with Crippen LogP contribution >= 0.6 is 0 Å². The second-order valence-corrected chi connectivity index (χ2v) is 8.51. The highest BCUT2D eigenvalue weighted by molar-refractivity contribution is 5.77. The van der Waals surface area contributed by atoms with Gasteiger partial charge in [-0.25, -0.2) is 4.79 Å². The van der Waals surface area contributed by atoms with Gasteiger partial charge in [0.1, 0.15) is 5.60 Å². The van der Waals surface area contributed by atoms with E-state index in [-0.39, 0.29) is 43.0 Å². The van der Waals surface area contributed by atoms with Gasteiger partial charge in [0.05, 0.1) is 32.2 Å². The molecule has 0 bridgehead atoms. The lowest BCUT2D eigenvalue weighted by Gasteiger charge is -2.35. The second-order valence-electron chi connectivity index (χ2n) is 8.51. The molecule has 29 heavy (non-hydrogen) atoms. The molecule has 1 fully saturated rings. The Morgan fingerprint density at radius 3 is 2.17 bits per heavy atom. The fraction of sp³-hybridized carbons (Fsp3) is 0.857. The van der Waals surface area contributed by atoms with Crippen molar-refractivity contribution in [2.75, 3.05) is 33.9 Å². The first-order valence-corrected chi connectivity index (χ1v) is 10.5. The first-order chi connectivity index (χ1) is 13.5. The molecule has 0 radical (unpaired) electrons. The van der Waals surface area contributed by atoms with Crippen molar-refractivity contribution in [1.82, 2.24) is 9.80 Å². The molecule has 0 spiro atoms. The standard InChI is InChI=1S/C21H38N2O6/c1-7-27-19(25)12-14-22(5)18(24)13-15-28-17-10-8-16(9-11-17)23(6)20(26)29-21(2,3)4/h16-17H,7-15H2,1-6H3/t16-,17-. The largest absolute Gasteiger partial charge is 0.466 e. The van der Waals surface area contributed by atoms with Crippen molar-refractivity contribution >= 4 is 18.0 Å². The minimum atomic E-state index is -0.498. The van der Waals surface area contributed by atoms with Crippen molar-refractivity contribution in [3.8, 4) is 0 Å². The van der Waals surface area contributed by atoms with Gasteiger partial charge in [-0.1, -0.05) is 0 Å². The minimum absolute atomic E-state index is 0.0485. The van der Waals surface area contributed by atoms with Crippen molar-refractivity contribution in [2.24, 2.45) is 0 Å². The maximum atomic E-state index is 12.2. The van der Waals surface area contributed by atoms with E-state index in [9.17, 15) is 14.4 Å². The lowest BCUT2D eigenvalue weighted by atomic mass is 9.92. The zero-order valence-corrected chi connectivity index (χ0v) is 18.9. The predicted octanol–water partition coefficient (Wildman–Crippen LogP) is 2.98. The Labute approximate surface area is 174 Å². The third-order valence-corrected chi connectivity index (χ3v) is 4.92. The summed E-state index contributed by atoms with van der Waals surface area (Å²) >= 11 is 0. The summed E-state index contributed by atoms with van der Waals surface area (Å²) in [6.45, 7) is 8.39. The summed E-state index contributed by atoms with van der Waals surface area (Å²) in [5, 5.41) is 0. The van der Waals surface area contributed by atoms with Gasteiger partial charge in [0.2, 0.25) is 5.91 Å². The molecule has 168 valence electrons. The number of nitrogens with zero attached hydrogens (tertiary/aromatic N) is 2. The Hall–Kier alpha value is -1.83. The molecule has 1 aliphatic carbocycles. The number of esters is 1. The van der Waals surface area contributed by atoms with Crippen LogP contribution in [0.5, 0.6) is 0 Å². The van der Waals surface area contributed by atoms with Crippen LogP contribution in [0, 0.1) is 0 Å². The van der Waals surface area contributed by atoms with E-state index in [1.807, 2.05) is 20.8 Å². The van der Waals surface area contributed by atoms with Gasteiger partial charge >= 0.3 is 12.1 Å². The first-order valence-electron chi connectivity index (χ1n) is 10.5. The fourth-order valence-corrected chi connectivity index (χ4v) is 3.20. The number of amides is 2. The summed E-state index contributed by atoms with van der Waals surface area (Å²) in [4.78, 5) is 38.9. The van der Waals surface area contributed by atoms with Gasteiger partial charge in [0.25, 0.3) is 0 Å². The normalized spacial score (nSPS) is 19.4. The van der Waals surface area contributed by atoms with Crippen LogP contribution in [0.1, 0.15) is 66.2 Å². The molecule has 0 N–H and O–H groups in total. The van der Waals surface area contributed by atoms with Gasteiger partial charge < -0.3 is 24.0 Å². The maximum absolute atomic E-state index is 12.2. The van der Waals surface area contributed by atoms with Crippen LogP contribution in [0.3, 0.4) is 0 Å². The molecule has 0 aromatic heterocycles. The molecule has 1 saturated carbocycles. The van der Waals surface area contributed by atoms with Crippen LogP contribution in [0.4, 0.5) is 4.79 Å². The van der Waals surface area contributed by atoms with Crippen LogP contribution < -0.4 is 0 Å². The Morgan fingerprint density at radius 2 is 1.62 bits per heavy atom. The topological polar surface area (TPSA) is 85.4 Å². The summed E-state index contributed by atoms with van der Waals surface area (Å²) in [6.07, 6.45) is 3.72. The summed E-state index contributed by atoms with van der Waals surface area (Å²) in [7, 11) is 3.46. The zero-order valence-electron chi connectivity index (χ0n) is 18.9. The lowest BCUT2D eigenvalue weighted by Crippen LogP contribution is -2.43. The average Bonchev–Trinajstić information content (AvgIpc) is 2.64. The van der Waals surface area contributed by atoms with E-state index in [2.05, 4.69) is 0 Å². The van der Waals surface area contributed by atoms with Gasteiger partial charge in [-0.15, -0.1) is 0 Å². The third-order valence-electron chi connectivity index (χ3n) is 4.92. The molecule has 8 heteroatoms. The highest BCUT2D eigenvalue weighted by atomic mass is 16.6. The number of rotatable bonds is 9. The minimum Gasteiger partial charge on any atom is -0.466 e. The molecule has 1 aliphatic rings. The maximum Gasteiger partial charge on any atom is 0.410 e. The van der Waals surface area contributed by atoms with E-state index in [0.29, 0.717) is 19.8 Å². The smallest absolute Gasteiger partial charge is 0.410 e. The van der Waals surface area contributed by atoms with Crippen LogP contribution in [0.2, 0.25) is 0 Å². The van der Waals surface area contributed by atoms with E-state index < -0.39 is 5.60 Å². The number of hydrogen-bond donors (Lipinski definition) is 0. The Bertz CT molecular complexity index is 538. The SMILES string of the molecule is CCOC(=O)CCN(C)C(=O)CCO[C@H]1CC[C@H](N(C)C(=O)OC(C)(C)C)CC1. The average molecular weight is 415 g/mol. The molecule has 0 aromatic rings. The highest BCUT2D eigenvalue weighted by Crippen LogP contribution is 2.25. The van der Waals surface area contributed by atoms with E-state index in [4.69, 9.17) is 14.2 Å². The van der Waals surface area contributed by atoms with Gasteiger partial charge in [-0.05, 0) is 53.4 Å². The number of ether oxygens (including phenoxy) is 3. The Kier molecular flexibility index (Phi) is 10.4. The number of carbonyl (C=O) groups excluding carboxylic acids is 3. The van der Waals surface area contributed by atoms with Crippen molar-refractivity contribution in [1.29, 1.82) is 0 Å². The monoisotopic (exact) mass is 414 g/mol. The summed E-state index contributed by atoms with van der Waals surface area (Å²) in [5.41, 5.74) is -0.498. The van der Waals surface area contributed by atoms with E-state index in [0.717, 1.165) is 25.7 Å². The quantitative estimate of drug-likeness (QED) is 0.539. The molecular weight excluding hydrogens is 376 g/mol. The summed E-state index contributed by atoms with van der Waals surface area (Å²) in [5.74, 6) is -0.343. The Balaban J connectivity index is 2.24. The van der Waals surface area contributed by atoms with Gasteiger partial charge in [-0.3, -0.25) is 9.59 Å². The third kappa shape index (κ3) is 9.96. The molecule has 2 amide bonds. The number of carbonyl (C=O) groups is 3. The van der Waals surface area contributed by atoms with Gasteiger partial charge in [-0.2, -0.15) is 0 Å². The van der Waals surface area contributed by atoms with Crippen LogP contribution in [-0.2, 0) is 23.8 Å².